The van der Waals surface area contributed by atoms with E-state index in [2.05, 4.69) is 15.3 Å². The third-order valence-corrected chi connectivity index (χ3v) is 10.4. The fourth-order valence-corrected chi connectivity index (χ4v) is 8.25. The number of aromatic amines is 1. The van der Waals surface area contributed by atoms with Gasteiger partial charge in [0.15, 0.2) is 27.3 Å². The largest absolute Gasteiger partial charge is 0.381 e. The summed E-state index contributed by atoms with van der Waals surface area (Å²) in [5, 5.41) is 11.5. The van der Waals surface area contributed by atoms with Gasteiger partial charge >= 0.3 is 0 Å². The number of allylic oxidation sites excluding steroid dienone is 2. The molecule has 2 bridgehead atoms. The lowest BCUT2D eigenvalue weighted by Crippen LogP contribution is -2.60. The Hall–Kier alpha value is -2.63. The topological polar surface area (TPSA) is 112 Å². The van der Waals surface area contributed by atoms with Gasteiger partial charge in [-0.1, -0.05) is 17.7 Å². The van der Waals surface area contributed by atoms with E-state index >= 15 is 0 Å². The van der Waals surface area contributed by atoms with Gasteiger partial charge in [0.2, 0.25) is 0 Å². The van der Waals surface area contributed by atoms with Gasteiger partial charge in [0, 0.05) is 40.8 Å². The zero-order chi connectivity index (χ0) is 25.1. The molecule has 0 aliphatic heterocycles. The minimum atomic E-state index is -3.85. The smallest absolute Gasteiger partial charge is 0.251 e. The number of fused-ring (bicyclic) bond motifs is 2. The molecule has 1 heterocycles. The van der Waals surface area contributed by atoms with E-state index in [9.17, 15) is 31.5 Å². The first kappa shape index (κ1) is 24.1. The van der Waals surface area contributed by atoms with E-state index in [1.807, 2.05) is 0 Å². The normalized spacial score (nSPS) is 30.2. The number of hydrogen-bond donors (Lipinski definition) is 3. The number of carbonyl (C=O) groups is 1. The van der Waals surface area contributed by atoms with Crippen LogP contribution in [0, 0.1) is 29.3 Å². The van der Waals surface area contributed by atoms with Gasteiger partial charge in [-0.15, -0.1) is 0 Å². The van der Waals surface area contributed by atoms with E-state index in [4.69, 9.17) is 11.6 Å². The molecule has 3 N–H and O–H groups in total. The number of anilines is 1. The number of sulfone groups is 1. The first-order valence-corrected chi connectivity index (χ1v) is 13.0. The number of nitrogens with one attached hydrogen (secondary N) is 2. The molecule has 3 saturated carbocycles. The molecule has 12 heteroatoms. The summed E-state index contributed by atoms with van der Waals surface area (Å²) < 4.78 is 67.2. The maximum Gasteiger partial charge on any atom is 0.251 e. The van der Waals surface area contributed by atoms with Crippen molar-refractivity contribution in [1.29, 1.82) is 0 Å². The number of benzene rings is 1. The van der Waals surface area contributed by atoms with E-state index < -0.39 is 49.3 Å². The summed E-state index contributed by atoms with van der Waals surface area (Å²) in [6, 6.07) is 1.26. The van der Waals surface area contributed by atoms with Gasteiger partial charge in [-0.2, -0.15) is 0 Å². The second-order valence-corrected chi connectivity index (χ2v) is 12.1. The van der Waals surface area contributed by atoms with Crippen LogP contribution in [0.2, 0.25) is 0 Å². The van der Waals surface area contributed by atoms with Gasteiger partial charge in [-0.05, 0) is 43.6 Å². The average molecular weight is 528 g/mol. The standard InChI is InChI=1S/C23H21ClF3N3O4S/c24-16-2-1-11(21(31)30-14-9-17(25)20(27)18(26)10-14)5-19(16)35(33,34)15-7-12-6-13(8-15)23(12,32)22-28-3-4-29-22/h1-4,9-10,12-13,15,19,32H,5-8H2,(H,28,29)(H,30,31). The Morgan fingerprint density at radius 2 is 1.80 bits per heavy atom. The van der Waals surface area contributed by atoms with Crippen molar-refractivity contribution in [2.45, 2.75) is 41.8 Å². The van der Waals surface area contributed by atoms with E-state index in [0.29, 0.717) is 24.4 Å². The predicted molar refractivity (Wildman–Crippen MR) is 121 cm³/mol. The second-order valence-electron chi connectivity index (χ2n) is 9.22. The minimum absolute atomic E-state index is 0.0428. The van der Waals surface area contributed by atoms with E-state index in [0.717, 1.165) is 0 Å². The summed E-state index contributed by atoms with van der Waals surface area (Å²) in [5.74, 6) is -5.50. The van der Waals surface area contributed by atoms with Crippen LogP contribution in [0.1, 0.15) is 31.5 Å². The fourth-order valence-electron chi connectivity index (χ4n) is 5.46. The molecule has 186 valence electrons. The number of amides is 1. The van der Waals surface area contributed by atoms with Crippen LogP contribution in [0.4, 0.5) is 18.9 Å². The van der Waals surface area contributed by atoms with Gasteiger partial charge in [0.1, 0.15) is 16.7 Å². The Morgan fingerprint density at radius 1 is 1.14 bits per heavy atom. The maximum absolute atomic E-state index is 13.5. The summed E-state index contributed by atoms with van der Waals surface area (Å²) in [7, 11) is -3.85. The van der Waals surface area contributed by atoms with Crippen molar-refractivity contribution < 1.29 is 31.5 Å². The summed E-state index contributed by atoms with van der Waals surface area (Å²) in [4.78, 5) is 19.8. The predicted octanol–water partition coefficient (Wildman–Crippen LogP) is 3.69. The molecule has 6 rings (SSSR count). The first-order valence-electron chi connectivity index (χ1n) is 11.0. The van der Waals surface area contributed by atoms with Crippen LogP contribution in [0.5, 0.6) is 0 Å². The number of imidazole rings is 1. The Labute approximate surface area is 204 Å². The molecule has 4 aliphatic rings. The quantitative estimate of drug-likeness (QED) is 0.513. The summed E-state index contributed by atoms with van der Waals surface area (Å²) in [5.41, 5.74) is -1.45. The minimum Gasteiger partial charge on any atom is -0.381 e. The average Bonchev–Trinajstić information content (AvgIpc) is 3.37. The Balaban J connectivity index is 1.31. The highest BCUT2D eigenvalue weighted by Gasteiger charge is 2.62. The molecule has 2 aromatic rings. The van der Waals surface area contributed by atoms with Crippen molar-refractivity contribution >= 4 is 33.0 Å². The first-order chi connectivity index (χ1) is 16.5. The van der Waals surface area contributed by atoms with Crippen molar-refractivity contribution in [2.75, 3.05) is 5.32 Å². The number of halogens is 4. The van der Waals surface area contributed by atoms with Crippen LogP contribution >= 0.6 is 11.6 Å². The molecule has 1 aromatic carbocycles. The van der Waals surface area contributed by atoms with Crippen molar-refractivity contribution in [2.24, 2.45) is 11.8 Å². The maximum atomic E-state index is 13.5. The van der Waals surface area contributed by atoms with Crippen LogP contribution in [0.15, 0.2) is 47.3 Å². The lowest BCUT2D eigenvalue weighted by Gasteiger charge is -2.57. The Kier molecular flexibility index (Phi) is 5.84. The molecular weight excluding hydrogens is 507 g/mol. The third-order valence-electron chi connectivity index (χ3n) is 7.34. The lowest BCUT2D eigenvalue weighted by atomic mass is 9.53. The molecule has 35 heavy (non-hydrogen) atoms. The van der Waals surface area contributed by atoms with Crippen molar-refractivity contribution in [1.82, 2.24) is 9.97 Å². The lowest BCUT2D eigenvalue weighted by molar-refractivity contribution is -0.189. The molecular formula is C23H21ClF3N3O4S. The SMILES string of the molecule is O=C(Nc1cc(F)c(F)c(F)c1)C1=CC=C(Cl)C(S(=O)(=O)C2CC3CC(C2)C3(O)c2ncc[nH]2)C1. The number of rotatable bonds is 5. The van der Waals surface area contributed by atoms with Crippen molar-refractivity contribution in [3.05, 3.63) is 70.6 Å². The van der Waals surface area contributed by atoms with Gasteiger partial charge in [0.25, 0.3) is 5.91 Å². The summed E-state index contributed by atoms with van der Waals surface area (Å²) >= 11 is 6.26. The second kappa shape index (κ2) is 8.49. The van der Waals surface area contributed by atoms with Gasteiger partial charge < -0.3 is 15.4 Å². The fraction of sp³-hybridized carbons (Fsp3) is 0.391. The highest BCUT2D eigenvalue weighted by Crippen LogP contribution is 2.59. The number of H-pyrrole nitrogens is 1. The molecule has 1 amide bonds. The van der Waals surface area contributed by atoms with E-state index in [1.165, 1.54) is 18.3 Å². The number of carbonyl (C=O) groups excluding carboxylic acids is 1. The Bertz CT molecular complexity index is 1320. The van der Waals surface area contributed by atoms with Crippen LogP contribution < -0.4 is 5.32 Å². The van der Waals surface area contributed by atoms with Crippen LogP contribution in [-0.4, -0.2) is 39.9 Å². The molecule has 3 atom stereocenters. The molecule has 1 aromatic heterocycles. The van der Waals surface area contributed by atoms with E-state index in [1.54, 1.807) is 6.20 Å². The van der Waals surface area contributed by atoms with Gasteiger partial charge in [0.05, 0.1) is 5.25 Å². The highest BCUT2D eigenvalue weighted by atomic mass is 35.5. The molecule has 3 fully saturated rings. The van der Waals surface area contributed by atoms with Crippen LogP contribution in [0.3, 0.4) is 0 Å². The van der Waals surface area contributed by atoms with Crippen LogP contribution in [0.25, 0.3) is 0 Å². The van der Waals surface area contributed by atoms with Gasteiger partial charge in [-0.25, -0.2) is 26.6 Å². The number of aromatic nitrogens is 2. The monoisotopic (exact) mass is 527 g/mol. The zero-order valence-electron chi connectivity index (χ0n) is 18.1. The molecule has 3 unspecified atom stereocenters. The summed E-state index contributed by atoms with van der Waals surface area (Å²) in [6.45, 7) is 0. The molecule has 0 radical (unpaired) electrons. The number of nitrogens with zero attached hydrogens (tertiary/aromatic N) is 1. The third kappa shape index (κ3) is 3.89. The van der Waals surface area contributed by atoms with Crippen molar-refractivity contribution in [3.8, 4) is 0 Å². The Morgan fingerprint density at radius 3 is 2.40 bits per heavy atom. The highest BCUT2D eigenvalue weighted by molar-refractivity contribution is 7.93. The van der Waals surface area contributed by atoms with E-state index in [-0.39, 0.29) is 47.4 Å². The zero-order valence-corrected chi connectivity index (χ0v) is 19.7. The molecule has 4 aliphatic carbocycles. The van der Waals surface area contributed by atoms with Crippen LogP contribution in [-0.2, 0) is 20.2 Å². The van der Waals surface area contributed by atoms with Crippen molar-refractivity contribution in [3.63, 3.8) is 0 Å². The summed E-state index contributed by atoms with van der Waals surface area (Å²) in [6.07, 6.45) is 6.72. The van der Waals surface area contributed by atoms with Gasteiger partial charge in [-0.3, -0.25) is 4.79 Å². The molecule has 0 saturated heterocycles. The number of aliphatic hydroxyl groups is 1. The molecule has 7 nitrogen and oxygen atoms in total. The molecule has 0 spiro atoms. The number of hydrogen-bond acceptors (Lipinski definition) is 5.